The summed E-state index contributed by atoms with van der Waals surface area (Å²) in [6, 6.07) is -0.683. The van der Waals surface area contributed by atoms with Crippen molar-refractivity contribution in [3.05, 3.63) is 16.1 Å². The smallest absolute Gasteiger partial charge is 0.277 e. The first kappa shape index (κ1) is 12.7. The summed E-state index contributed by atoms with van der Waals surface area (Å²) in [5.74, 6) is -1.06. The van der Waals surface area contributed by atoms with E-state index in [4.69, 9.17) is 0 Å². The summed E-state index contributed by atoms with van der Waals surface area (Å²) in [5, 5.41) is 2.85. The Bertz CT molecular complexity index is 535. The van der Waals surface area contributed by atoms with E-state index in [9.17, 15) is 14.4 Å². The average Bonchev–Trinajstić information content (AvgIpc) is 2.68. The van der Waals surface area contributed by atoms with Gasteiger partial charge in [-0.2, -0.15) is 0 Å². The number of carbonyl (C=O) groups excluding carboxylic acids is 3. The third-order valence-corrected chi connectivity index (χ3v) is 3.67. The van der Waals surface area contributed by atoms with Gasteiger partial charge in [0.15, 0.2) is 0 Å². The van der Waals surface area contributed by atoms with E-state index >= 15 is 0 Å². The minimum Gasteiger partial charge on any atom is -0.277 e. The molecule has 1 fully saturated rings. The Labute approximate surface area is 108 Å². The first-order valence-corrected chi connectivity index (χ1v) is 6.22. The van der Waals surface area contributed by atoms with Crippen molar-refractivity contribution in [1.82, 2.24) is 15.2 Å². The number of urea groups is 1. The molecule has 96 valence electrons. The van der Waals surface area contributed by atoms with Gasteiger partial charge in [0.1, 0.15) is 10.4 Å². The molecule has 18 heavy (non-hydrogen) atoms. The molecule has 1 aromatic heterocycles. The summed E-state index contributed by atoms with van der Waals surface area (Å²) < 4.78 is 0. The summed E-state index contributed by atoms with van der Waals surface area (Å²) in [4.78, 5) is 41.4. The number of hydrogen-bond donors (Lipinski definition) is 1. The minimum atomic E-state index is -1.22. The molecule has 0 unspecified atom stereocenters. The van der Waals surface area contributed by atoms with Crippen molar-refractivity contribution in [3.8, 4) is 0 Å². The first-order valence-electron chi connectivity index (χ1n) is 5.41. The molecule has 0 radical (unpaired) electrons. The second-order valence-corrected chi connectivity index (χ2v) is 5.96. The molecule has 0 aromatic carbocycles. The van der Waals surface area contributed by atoms with Crippen molar-refractivity contribution in [2.45, 2.75) is 27.3 Å². The quantitative estimate of drug-likeness (QED) is 0.812. The van der Waals surface area contributed by atoms with Gasteiger partial charge in [-0.1, -0.05) is 0 Å². The van der Waals surface area contributed by atoms with E-state index in [-0.39, 0.29) is 6.54 Å². The van der Waals surface area contributed by atoms with E-state index in [2.05, 4.69) is 10.3 Å². The Hall–Kier alpha value is -1.76. The lowest BCUT2D eigenvalue weighted by atomic mass is 9.89. The first-order chi connectivity index (χ1) is 8.32. The van der Waals surface area contributed by atoms with Crippen LogP contribution in [0.15, 0.2) is 6.20 Å². The number of thiazole rings is 1. The zero-order valence-electron chi connectivity index (χ0n) is 10.3. The number of aryl methyl sites for hydroxylation is 1. The van der Waals surface area contributed by atoms with Crippen LogP contribution in [-0.4, -0.2) is 27.7 Å². The van der Waals surface area contributed by atoms with E-state index < -0.39 is 23.3 Å². The second kappa shape index (κ2) is 4.16. The molecule has 4 amide bonds. The van der Waals surface area contributed by atoms with Gasteiger partial charge in [0.05, 0.1) is 6.54 Å². The number of aromatic nitrogens is 1. The van der Waals surface area contributed by atoms with Crippen LogP contribution in [0.25, 0.3) is 0 Å². The van der Waals surface area contributed by atoms with Crippen LogP contribution < -0.4 is 5.32 Å². The minimum absolute atomic E-state index is 0.0971. The molecule has 0 atom stereocenters. The number of carbonyl (C=O) groups is 3. The Morgan fingerprint density at radius 2 is 2.06 bits per heavy atom. The number of nitrogens with one attached hydrogen (secondary N) is 1. The molecular weight excluding hydrogens is 254 g/mol. The predicted octanol–water partition coefficient (Wildman–Crippen LogP) is 1.06. The van der Waals surface area contributed by atoms with Gasteiger partial charge in [-0.15, -0.1) is 11.3 Å². The summed E-state index contributed by atoms with van der Waals surface area (Å²) in [6.45, 7) is 4.99. The molecular formula is C11H13N3O3S. The third-order valence-electron chi connectivity index (χ3n) is 2.78. The zero-order valence-corrected chi connectivity index (χ0v) is 11.1. The molecule has 6 nitrogen and oxygen atoms in total. The van der Waals surface area contributed by atoms with Crippen LogP contribution in [0.3, 0.4) is 0 Å². The van der Waals surface area contributed by atoms with Gasteiger partial charge < -0.3 is 0 Å². The molecule has 1 saturated heterocycles. The van der Waals surface area contributed by atoms with Crippen LogP contribution in [0.1, 0.15) is 23.7 Å². The molecule has 1 N–H and O–H groups in total. The number of amides is 4. The normalized spacial score (nSPS) is 19.1. The highest BCUT2D eigenvalue weighted by Gasteiger charge is 2.47. The molecule has 1 aliphatic rings. The highest BCUT2D eigenvalue weighted by atomic mass is 32.1. The number of imide groups is 2. The molecule has 2 heterocycles. The highest BCUT2D eigenvalue weighted by Crippen LogP contribution is 2.25. The SMILES string of the molecule is Cc1cnc(CN2C(=O)NC(=O)C(C)(C)C2=O)s1. The van der Waals surface area contributed by atoms with Crippen LogP contribution in [0.4, 0.5) is 4.79 Å². The fourth-order valence-electron chi connectivity index (χ4n) is 1.60. The maximum Gasteiger partial charge on any atom is 0.331 e. The maximum atomic E-state index is 12.1. The van der Waals surface area contributed by atoms with E-state index in [0.29, 0.717) is 5.01 Å². The third kappa shape index (κ3) is 2.01. The largest absolute Gasteiger partial charge is 0.331 e. The van der Waals surface area contributed by atoms with Gasteiger partial charge in [0.25, 0.3) is 0 Å². The fourth-order valence-corrected chi connectivity index (χ4v) is 2.38. The van der Waals surface area contributed by atoms with E-state index in [1.54, 1.807) is 6.20 Å². The lowest BCUT2D eigenvalue weighted by molar-refractivity contribution is -0.149. The van der Waals surface area contributed by atoms with Crippen molar-refractivity contribution in [2.75, 3.05) is 0 Å². The molecule has 1 aromatic rings. The van der Waals surface area contributed by atoms with E-state index in [1.165, 1.54) is 25.2 Å². The molecule has 0 spiro atoms. The van der Waals surface area contributed by atoms with Crippen LogP contribution in [0.5, 0.6) is 0 Å². The second-order valence-electron chi connectivity index (χ2n) is 4.64. The monoisotopic (exact) mass is 267 g/mol. The van der Waals surface area contributed by atoms with Gasteiger partial charge in [0.2, 0.25) is 11.8 Å². The Kier molecular flexibility index (Phi) is 2.94. The lowest BCUT2D eigenvalue weighted by Gasteiger charge is -2.34. The Morgan fingerprint density at radius 1 is 1.39 bits per heavy atom. The summed E-state index contributed by atoms with van der Waals surface area (Å²) in [5.41, 5.74) is -1.22. The van der Waals surface area contributed by atoms with Crippen LogP contribution in [-0.2, 0) is 16.1 Å². The number of nitrogens with zero attached hydrogens (tertiary/aromatic N) is 2. The Morgan fingerprint density at radius 3 is 2.61 bits per heavy atom. The van der Waals surface area contributed by atoms with Crippen molar-refractivity contribution >= 4 is 29.2 Å². The molecule has 7 heteroatoms. The maximum absolute atomic E-state index is 12.1. The summed E-state index contributed by atoms with van der Waals surface area (Å²) in [7, 11) is 0. The van der Waals surface area contributed by atoms with Crippen molar-refractivity contribution < 1.29 is 14.4 Å². The molecule has 0 bridgehead atoms. The van der Waals surface area contributed by atoms with Gasteiger partial charge >= 0.3 is 6.03 Å². The van der Waals surface area contributed by atoms with E-state index in [1.807, 2.05) is 6.92 Å². The summed E-state index contributed by atoms with van der Waals surface area (Å²) >= 11 is 1.42. The standard InChI is InChI=1S/C11H13N3O3S/c1-6-4-12-7(18-6)5-14-9(16)11(2,3)8(15)13-10(14)17/h4H,5H2,1-3H3,(H,13,15,17). The van der Waals surface area contributed by atoms with Crippen molar-refractivity contribution in [2.24, 2.45) is 5.41 Å². The summed E-state index contributed by atoms with van der Waals surface area (Å²) in [6.07, 6.45) is 1.68. The average molecular weight is 267 g/mol. The van der Waals surface area contributed by atoms with Crippen molar-refractivity contribution in [3.63, 3.8) is 0 Å². The fraction of sp³-hybridized carbons (Fsp3) is 0.455. The van der Waals surface area contributed by atoms with Crippen LogP contribution in [0, 0.1) is 12.3 Å². The highest BCUT2D eigenvalue weighted by molar-refractivity contribution is 7.11. The predicted molar refractivity (Wildman–Crippen MR) is 64.7 cm³/mol. The molecule has 1 aliphatic heterocycles. The number of rotatable bonds is 2. The van der Waals surface area contributed by atoms with Gasteiger partial charge in [-0.25, -0.2) is 9.78 Å². The van der Waals surface area contributed by atoms with Crippen LogP contribution in [0.2, 0.25) is 0 Å². The Balaban J connectivity index is 2.24. The number of barbiturate groups is 1. The number of hydrogen-bond acceptors (Lipinski definition) is 5. The van der Waals surface area contributed by atoms with Gasteiger partial charge in [-0.05, 0) is 20.8 Å². The molecule has 2 rings (SSSR count). The van der Waals surface area contributed by atoms with E-state index in [0.717, 1.165) is 9.78 Å². The topological polar surface area (TPSA) is 79.4 Å². The zero-order chi connectivity index (χ0) is 13.5. The molecule has 0 aliphatic carbocycles. The van der Waals surface area contributed by atoms with Gasteiger partial charge in [0, 0.05) is 11.1 Å². The van der Waals surface area contributed by atoms with Crippen LogP contribution >= 0.6 is 11.3 Å². The molecule has 0 saturated carbocycles. The lowest BCUT2D eigenvalue weighted by Crippen LogP contribution is -2.61. The van der Waals surface area contributed by atoms with Gasteiger partial charge in [-0.3, -0.25) is 19.8 Å². The van der Waals surface area contributed by atoms with Crippen molar-refractivity contribution in [1.29, 1.82) is 0 Å².